The molecule has 2 aliphatic rings. The van der Waals surface area contributed by atoms with Gasteiger partial charge in [-0.05, 0) is 17.7 Å². The lowest BCUT2D eigenvalue weighted by Gasteiger charge is -2.30. The Bertz CT molecular complexity index is 991. The Hall–Kier alpha value is -2.43. The van der Waals surface area contributed by atoms with Gasteiger partial charge in [0.25, 0.3) is 0 Å². The average Bonchev–Trinajstić information content (AvgIpc) is 2.61. The van der Waals surface area contributed by atoms with Crippen LogP contribution in [0.5, 0.6) is 0 Å². The predicted octanol–water partition coefficient (Wildman–Crippen LogP) is 4.36. The lowest BCUT2D eigenvalue weighted by Crippen LogP contribution is -2.32. The summed E-state index contributed by atoms with van der Waals surface area (Å²) in [5, 5.41) is 0.685. The van der Waals surface area contributed by atoms with Gasteiger partial charge in [-0.15, -0.1) is 0 Å². The number of carbonyl (C=O) groups is 3. The van der Waals surface area contributed by atoms with Crippen molar-refractivity contribution in [1.82, 2.24) is 0 Å². The molecule has 4 rings (SSSR count). The van der Waals surface area contributed by atoms with Gasteiger partial charge in [0.05, 0.1) is 22.0 Å². The number of Topliss-reactive ketones (excluding diaryl/α,β-unsaturated/α-hetero) is 2. The van der Waals surface area contributed by atoms with Gasteiger partial charge in [0, 0.05) is 17.0 Å². The van der Waals surface area contributed by atoms with Crippen molar-refractivity contribution < 1.29 is 19.1 Å². The van der Waals surface area contributed by atoms with Crippen LogP contribution in [0.1, 0.15) is 38.6 Å². The number of carbonyl (C=O) groups excluding carboxylic acids is 3. The summed E-state index contributed by atoms with van der Waals surface area (Å²) in [6, 6.07) is 11.4. The van der Waals surface area contributed by atoms with E-state index in [4.69, 9.17) is 27.9 Å². The van der Waals surface area contributed by atoms with Gasteiger partial charge in [-0.25, -0.2) is 0 Å². The van der Waals surface area contributed by atoms with E-state index in [-0.39, 0.29) is 29.1 Å². The van der Waals surface area contributed by atoms with Gasteiger partial charge in [-0.2, -0.15) is 0 Å². The number of rotatable bonds is 1. The number of ketones is 2. The summed E-state index contributed by atoms with van der Waals surface area (Å²) in [4.78, 5) is 37.7. The van der Waals surface area contributed by atoms with E-state index in [2.05, 4.69) is 0 Å². The summed E-state index contributed by atoms with van der Waals surface area (Å²) in [6.07, 6.45) is -0.0437. The molecule has 0 spiro atoms. The molecule has 4 nitrogen and oxygen atoms in total. The van der Waals surface area contributed by atoms with Crippen LogP contribution < -0.4 is 0 Å². The molecule has 1 unspecified atom stereocenters. The molecule has 0 bridgehead atoms. The minimum Gasteiger partial charge on any atom is -0.422 e. The number of hydrogen-bond donors (Lipinski definition) is 0. The SMILES string of the molecule is O=C1CC(c2ccc(Cl)c(Cl)c2)C2=C(O1)C(=O)c1ccccc1C2=O. The molecule has 0 N–H and O–H groups in total. The Balaban J connectivity index is 1.91. The van der Waals surface area contributed by atoms with E-state index in [1.807, 2.05) is 0 Å². The molecule has 1 heterocycles. The van der Waals surface area contributed by atoms with E-state index in [0.717, 1.165) is 0 Å². The fourth-order valence-corrected chi connectivity index (χ4v) is 3.53. The molecule has 2 aromatic carbocycles. The summed E-state index contributed by atoms with van der Waals surface area (Å²) >= 11 is 12.0. The first-order valence-corrected chi connectivity index (χ1v) is 8.31. The second kappa shape index (κ2) is 5.83. The van der Waals surface area contributed by atoms with Crippen molar-refractivity contribution in [3.63, 3.8) is 0 Å². The predicted molar refractivity (Wildman–Crippen MR) is 92.0 cm³/mol. The first-order chi connectivity index (χ1) is 12.0. The molecule has 124 valence electrons. The first-order valence-electron chi connectivity index (χ1n) is 7.55. The van der Waals surface area contributed by atoms with Crippen LogP contribution in [0.15, 0.2) is 53.8 Å². The Morgan fingerprint density at radius 3 is 2.24 bits per heavy atom. The van der Waals surface area contributed by atoms with Crippen LogP contribution in [-0.4, -0.2) is 17.5 Å². The molecule has 1 atom stereocenters. The van der Waals surface area contributed by atoms with Crippen LogP contribution in [0.2, 0.25) is 10.0 Å². The highest BCUT2D eigenvalue weighted by molar-refractivity contribution is 6.42. The Kier molecular flexibility index (Phi) is 3.74. The highest BCUT2D eigenvalue weighted by atomic mass is 35.5. The normalized spacial score (nSPS) is 19.4. The number of allylic oxidation sites excluding steroid dienone is 2. The van der Waals surface area contributed by atoms with Gasteiger partial charge in [0.15, 0.2) is 11.5 Å². The smallest absolute Gasteiger partial charge is 0.312 e. The van der Waals surface area contributed by atoms with E-state index in [9.17, 15) is 14.4 Å². The van der Waals surface area contributed by atoms with E-state index in [1.165, 1.54) is 0 Å². The van der Waals surface area contributed by atoms with E-state index in [1.54, 1.807) is 42.5 Å². The fourth-order valence-electron chi connectivity index (χ4n) is 3.23. The number of esters is 1. The van der Waals surface area contributed by atoms with Crippen LogP contribution in [0, 0.1) is 0 Å². The molecular weight excluding hydrogens is 363 g/mol. The van der Waals surface area contributed by atoms with Crippen molar-refractivity contribution in [1.29, 1.82) is 0 Å². The van der Waals surface area contributed by atoms with Crippen LogP contribution in [-0.2, 0) is 9.53 Å². The zero-order valence-corrected chi connectivity index (χ0v) is 14.2. The molecule has 0 radical (unpaired) electrons. The highest BCUT2D eigenvalue weighted by Crippen LogP contribution is 2.42. The molecule has 25 heavy (non-hydrogen) atoms. The van der Waals surface area contributed by atoms with Crippen LogP contribution in [0.4, 0.5) is 0 Å². The number of halogens is 2. The Morgan fingerprint density at radius 1 is 0.880 bits per heavy atom. The van der Waals surface area contributed by atoms with Gasteiger partial charge < -0.3 is 4.74 Å². The number of ether oxygens (including phenoxy) is 1. The van der Waals surface area contributed by atoms with Crippen molar-refractivity contribution in [3.8, 4) is 0 Å². The van der Waals surface area contributed by atoms with Gasteiger partial charge in [0.2, 0.25) is 5.78 Å². The topological polar surface area (TPSA) is 60.4 Å². The van der Waals surface area contributed by atoms with Crippen molar-refractivity contribution in [3.05, 3.63) is 80.5 Å². The second-order valence-electron chi connectivity index (χ2n) is 5.85. The summed E-state index contributed by atoms with van der Waals surface area (Å²) in [7, 11) is 0. The fraction of sp³-hybridized carbons (Fsp3) is 0.105. The van der Waals surface area contributed by atoms with E-state index in [0.29, 0.717) is 21.2 Å². The first kappa shape index (κ1) is 16.1. The monoisotopic (exact) mass is 372 g/mol. The molecule has 1 aliphatic heterocycles. The van der Waals surface area contributed by atoms with Crippen molar-refractivity contribution >= 4 is 40.7 Å². The van der Waals surface area contributed by atoms with Crippen LogP contribution in [0.25, 0.3) is 0 Å². The zero-order valence-electron chi connectivity index (χ0n) is 12.7. The van der Waals surface area contributed by atoms with Crippen LogP contribution in [0.3, 0.4) is 0 Å². The average molecular weight is 373 g/mol. The van der Waals surface area contributed by atoms with Crippen molar-refractivity contribution in [2.45, 2.75) is 12.3 Å². The molecular formula is C19H10Cl2O4. The summed E-state index contributed by atoms with van der Waals surface area (Å²) < 4.78 is 5.15. The molecule has 1 aliphatic carbocycles. The van der Waals surface area contributed by atoms with E-state index >= 15 is 0 Å². The van der Waals surface area contributed by atoms with E-state index < -0.39 is 17.7 Å². The number of fused-ring (bicyclic) bond motifs is 1. The van der Waals surface area contributed by atoms with Gasteiger partial charge in [-0.3, -0.25) is 14.4 Å². The lowest BCUT2D eigenvalue weighted by molar-refractivity contribution is -0.140. The third-order valence-electron chi connectivity index (χ3n) is 4.39. The third-order valence-corrected chi connectivity index (χ3v) is 5.13. The molecule has 0 fully saturated rings. The summed E-state index contributed by atoms with van der Waals surface area (Å²) in [5.74, 6) is -2.11. The number of benzene rings is 2. The van der Waals surface area contributed by atoms with Crippen molar-refractivity contribution in [2.75, 3.05) is 0 Å². The maximum Gasteiger partial charge on any atom is 0.312 e. The summed E-state index contributed by atoms with van der Waals surface area (Å²) in [5.41, 5.74) is 1.39. The quantitative estimate of drug-likeness (QED) is 0.697. The standard InChI is InChI=1S/C19H10Cl2O4/c20-13-6-5-9(7-14(13)21)12-8-15(22)25-19-16(12)17(23)10-3-1-2-4-11(10)18(19)24/h1-7,12H,8H2. The molecule has 6 heteroatoms. The minimum atomic E-state index is -0.601. The van der Waals surface area contributed by atoms with Crippen LogP contribution >= 0.6 is 23.2 Å². The van der Waals surface area contributed by atoms with Crippen molar-refractivity contribution in [2.24, 2.45) is 0 Å². The highest BCUT2D eigenvalue weighted by Gasteiger charge is 2.42. The summed E-state index contributed by atoms with van der Waals surface area (Å²) in [6.45, 7) is 0. The molecule has 0 amide bonds. The third kappa shape index (κ3) is 2.49. The van der Waals surface area contributed by atoms with Gasteiger partial charge >= 0.3 is 5.97 Å². The second-order valence-corrected chi connectivity index (χ2v) is 6.67. The molecule has 2 aromatic rings. The maximum atomic E-state index is 13.0. The Labute approximate surface area is 153 Å². The zero-order chi connectivity index (χ0) is 17.7. The van der Waals surface area contributed by atoms with Gasteiger partial charge in [-0.1, -0.05) is 53.5 Å². The molecule has 0 saturated heterocycles. The molecule has 0 aromatic heterocycles. The largest absolute Gasteiger partial charge is 0.422 e. The number of hydrogen-bond acceptors (Lipinski definition) is 4. The van der Waals surface area contributed by atoms with Gasteiger partial charge in [0.1, 0.15) is 0 Å². The Morgan fingerprint density at radius 2 is 1.56 bits per heavy atom. The maximum absolute atomic E-state index is 13.0. The lowest BCUT2D eigenvalue weighted by atomic mass is 9.77. The minimum absolute atomic E-state index is 0.0437. The molecule has 0 saturated carbocycles.